The van der Waals surface area contributed by atoms with Gasteiger partial charge in [-0.05, 0) is 50.3 Å². The van der Waals surface area contributed by atoms with Crippen LogP contribution in [0.5, 0.6) is 0 Å². The van der Waals surface area contributed by atoms with Crippen molar-refractivity contribution < 1.29 is 4.74 Å². The van der Waals surface area contributed by atoms with E-state index >= 15 is 0 Å². The van der Waals surface area contributed by atoms with E-state index in [1.54, 1.807) is 30.0 Å². The van der Waals surface area contributed by atoms with Crippen LogP contribution in [0.3, 0.4) is 0 Å². The second-order valence-electron chi connectivity index (χ2n) is 6.97. The van der Waals surface area contributed by atoms with Crippen molar-refractivity contribution in [2.24, 2.45) is 0 Å². The number of benzene rings is 1. The first-order valence-electron chi connectivity index (χ1n) is 9.18. The Hall–Kier alpha value is -1.04. The van der Waals surface area contributed by atoms with E-state index in [0.717, 1.165) is 43.2 Å². The number of thioether (sulfide) groups is 1. The van der Waals surface area contributed by atoms with Gasteiger partial charge in [-0.15, -0.1) is 0 Å². The summed E-state index contributed by atoms with van der Waals surface area (Å²) < 4.78 is 7.79. The minimum absolute atomic E-state index is 0.0700. The lowest BCUT2D eigenvalue weighted by Gasteiger charge is -2.23. The van der Waals surface area contributed by atoms with Gasteiger partial charge in [0.25, 0.3) is 5.56 Å². The van der Waals surface area contributed by atoms with Crippen LogP contribution in [0.1, 0.15) is 51.0 Å². The molecule has 0 N–H and O–H groups in total. The molecular weight excluding hydrogens is 356 g/mol. The van der Waals surface area contributed by atoms with Gasteiger partial charge in [-0.25, -0.2) is 4.98 Å². The highest BCUT2D eigenvalue weighted by Crippen LogP contribution is 2.33. The molecule has 1 aliphatic heterocycles. The smallest absolute Gasteiger partial charge is 0.262 e. The molecule has 0 unspecified atom stereocenters. The van der Waals surface area contributed by atoms with Crippen LogP contribution < -0.4 is 5.56 Å². The molecule has 2 heterocycles. The summed E-state index contributed by atoms with van der Waals surface area (Å²) >= 11 is 7.77. The Kier molecular flexibility index (Phi) is 5.34. The normalized spacial score (nSPS) is 21.9. The molecule has 0 bridgehead atoms. The van der Waals surface area contributed by atoms with Gasteiger partial charge < -0.3 is 4.74 Å². The van der Waals surface area contributed by atoms with Gasteiger partial charge in [-0.3, -0.25) is 9.36 Å². The molecule has 1 saturated carbocycles. The molecule has 4 rings (SSSR count). The summed E-state index contributed by atoms with van der Waals surface area (Å²) in [6.07, 6.45) is 8.24. The number of nitrogens with zero attached hydrogens (tertiary/aromatic N) is 2. The van der Waals surface area contributed by atoms with Gasteiger partial charge >= 0.3 is 0 Å². The fourth-order valence-electron chi connectivity index (χ4n) is 3.84. The van der Waals surface area contributed by atoms with Crippen molar-refractivity contribution in [2.75, 3.05) is 12.4 Å². The van der Waals surface area contributed by atoms with E-state index in [1.807, 2.05) is 4.57 Å². The zero-order chi connectivity index (χ0) is 17.2. The largest absolute Gasteiger partial charge is 0.377 e. The summed E-state index contributed by atoms with van der Waals surface area (Å²) in [4.78, 5) is 17.9. The lowest BCUT2D eigenvalue weighted by atomic mass is 10.1. The van der Waals surface area contributed by atoms with Crippen molar-refractivity contribution in [3.63, 3.8) is 0 Å². The van der Waals surface area contributed by atoms with Gasteiger partial charge in [-0.1, -0.05) is 36.2 Å². The number of fused-ring (bicyclic) bond motifs is 1. The van der Waals surface area contributed by atoms with Crippen LogP contribution in [-0.4, -0.2) is 28.0 Å². The molecule has 134 valence electrons. The first-order valence-corrected chi connectivity index (χ1v) is 10.5. The average Bonchev–Trinajstić information content (AvgIpc) is 3.14. The molecule has 0 amide bonds. The highest BCUT2D eigenvalue weighted by molar-refractivity contribution is 7.99. The van der Waals surface area contributed by atoms with E-state index in [-0.39, 0.29) is 17.7 Å². The third-order valence-electron chi connectivity index (χ3n) is 5.19. The van der Waals surface area contributed by atoms with Gasteiger partial charge in [-0.2, -0.15) is 0 Å². The van der Waals surface area contributed by atoms with Crippen molar-refractivity contribution in [2.45, 2.75) is 62.2 Å². The van der Waals surface area contributed by atoms with Gasteiger partial charge in [0.15, 0.2) is 5.16 Å². The summed E-state index contributed by atoms with van der Waals surface area (Å²) in [5.41, 5.74) is 0.763. The van der Waals surface area contributed by atoms with E-state index in [1.165, 1.54) is 19.3 Å². The topological polar surface area (TPSA) is 44.1 Å². The van der Waals surface area contributed by atoms with Crippen molar-refractivity contribution in [1.29, 1.82) is 0 Å². The number of hydrogen-bond acceptors (Lipinski definition) is 4. The summed E-state index contributed by atoms with van der Waals surface area (Å²) in [6, 6.07) is 5.64. The molecule has 0 radical (unpaired) electrons. The van der Waals surface area contributed by atoms with Crippen LogP contribution in [0, 0.1) is 0 Å². The summed E-state index contributed by atoms with van der Waals surface area (Å²) in [7, 11) is 0. The molecule has 1 aromatic carbocycles. The van der Waals surface area contributed by atoms with Crippen molar-refractivity contribution in [3.8, 4) is 0 Å². The minimum Gasteiger partial charge on any atom is -0.377 e. The van der Waals surface area contributed by atoms with Crippen LogP contribution in [0.4, 0.5) is 0 Å². The molecule has 25 heavy (non-hydrogen) atoms. The lowest BCUT2D eigenvalue weighted by Crippen LogP contribution is -2.27. The minimum atomic E-state index is 0.0700. The standard InChI is InChI=1S/C19H23ClN2O2S/c20-13-8-9-16-17(11-13)21-19(25-12-15-7-3-4-10-24-15)22(18(16)23)14-5-1-2-6-14/h8-9,11,14-15H,1-7,10,12H2/t15-/m1/s1. The van der Waals surface area contributed by atoms with E-state index < -0.39 is 0 Å². The SMILES string of the molecule is O=c1c2ccc(Cl)cc2nc(SC[C@H]2CCCCO2)n1C1CCCC1. The first kappa shape index (κ1) is 17.4. The molecule has 1 saturated heterocycles. The van der Waals surface area contributed by atoms with Crippen molar-refractivity contribution in [1.82, 2.24) is 9.55 Å². The fraction of sp³-hybridized carbons (Fsp3) is 0.579. The van der Waals surface area contributed by atoms with Crippen LogP contribution >= 0.6 is 23.4 Å². The maximum Gasteiger partial charge on any atom is 0.262 e. The van der Waals surface area contributed by atoms with E-state index in [9.17, 15) is 4.79 Å². The number of hydrogen-bond donors (Lipinski definition) is 0. The highest BCUT2D eigenvalue weighted by atomic mass is 35.5. The van der Waals surface area contributed by atoms with E-state index in [0.29, 0.717) is 15.9 Å². The summed E-state index contributed by atoms with van der Waals surface area (Å²) in [6.45, 7) is 0.849. The Morgan fingerprint density at radius 3 is 2.76 bits per heavy atom. The van der Waals surface area contributed by atoms with Crippen molar-refractivity contribution in [3.05, 3.63) is 33.6 Å². The summed E-state index contributed by atoms with van der Waals surface area (Å²) in [5.74, 6) is 0.852. The molecule has 6 heteroatoms. The zero-order valence-corrected chi connectivity index (χ0v) is 15.8. The Balaban J connectivity index is 1.71. The Morgan fingerprint density at radius 1 is 1.20 bits per heavy atom. The third kappa shape index (κ3) is 3.74. The van der Waals surface area contributed by atoms with E-state index in [4.69, 9.17) is 21.3 Å². The van der Waals surface area contributed by atoms with Crippen LogP contribution in [-0.2, 0) is 4.74 Å². The van der Waals surface area contributed by atoms with Gasteiger partial charge in [0.2, 0.25) is 0 Å². The third-order valence-corrected chi connectivity index (χ3v) is 6.51. The molecular formula is C19H23ClN2O2S. The number of halogens is 1. The van der Waals surface area contributed by atoms with Gasteiger partial charge in [0.1, 0.15) is 0 Å². The van der Waals surface area contributed by atoms with Gasteiger partial charge in [0.05, 0.1) is 17.0 Å². The van der Waals surface area contributed by atoms with E-state index in [2.05, 4.69) is 0 Å². The fourth-order valence-corrected chi connectivity index (χ4v) is 5.14. The maximum atomic E-state index is 13.1. The Morgan fingerprint density at radius 2 is 2.00 bits per heavy atom. The molecule has 1 atom stereocenters. The molecule has 2 aliphatic rings. The molecule has 1 aliphatic carbocycles. The highest BCUT2D eigenvalue weighted by Gasteiger charge is 2.24. The number of rotatable bonds is 4. The lowest BCUT2D eigenvalue weighted by molar-refractivity contribution is 0.0315. The monoisotopic (exact) mass is 378 g/mol. The molecule has 0 spiro atoms. The first-order chi connectivity index (χ1) is 12.2. The number of ether oxygens (including phenoxy) is 1. The summed E-state index contributed by atoms with van der Waals surface area (Å²) in [5, 5.41) is 2.10. The van der Waals surface area contributed by atoms with Gasteiger partial charge in [0, 0.05) is 23.4 Å². The molecule has 1 aromatic heterocycles. The Labute approximate surface area is 156 Å². The number of aromatic nitrogens is 2. The van der Waals surface area contributed by atoms with Crippen LogP contribution in [0.2, 0.25) is 5.02 Å². The zero-order valence-electron chi connectivity index (χ0n) is 14.2. The Bertz CT molecular complexity index is 811. The van der Waals surface area contributed by atoms with Crippen LogP contribution in [0.15, 0.2) is 28.2 Å². The molecule has 2 aromatic rings. The quantitative estimate of drug-likeness (QED) is 0.564. The average molecular weight is 379 g/mol. The maximum absolute atomic E-state index is 13.1. The second kappa shape index (κ2) is 7.68. The van der Waals surface area contributed by atoms with Crippen LogP contribution in [0.25, 0.3) is 10.9 Å². The molecule has 4 nitrogen and oxygen atoms in total. The molecule has 2 fully saturated rings. The van der Waals surface area contributed by atoms with Crippen molar-refractivity contribution >= 4 is 34.3 Å². The predicted molar refractivity (Wildman–Crippen MR) is 103 cm³/mol. The predicted octanol–water partition coefficient (Wildman–Crippen LogP) is 4.83. The second-order valence-corrected chi connectivity index (χ2v) is 8.39.